The smallest absolute Gasteiger partial charge is 0.463 e. The van der Waals surface area contributed by atoms with Crippen molar-refractivity contribution >= 4 is 33.6 Å². The first-order valence-electron chi connectivity index (χ1n) is 43.8. The van der Waals surface area contributed by atoms with Crippen LogP contribution in [-0.2, 0) is 55.8 Å². The molecule has 0 radical (unpaired) electrons. The second-order valence-corrected chi connectivity index (χ2v) is 31.8. The van der Waals surface area contributed by atoms with Crippen LogP contribution in [0.2, 0.25) is 0 Å². The number of ether oxygens (including phenoxy) is 3. The summed E-state index contributed by atoms with van der Waals surface area (Å²) >= 11 is 0. The zero-order chi connectivity index (χ0) is 80.8. The zero-order valence-corrected chi connectivity index (χ0v) is 71.6. The summed E-state index contributed by atoms with van der Waals surface area (Å²) in [6.45, 7) is 2.43. The maximum Gasteiger partial charge on any atom is 0.472 e. The number of carbonyl (C=O) groups is 3. The Morgan fingerprint density at radius 1 is 0.261 bits per heavy atom. The van der Waals surface area contributed by atoms with Crippen molar-refractivity contribution in [1.82, 2.24) is 0 Å². The Labute approximate surface area is 676 Å². The quantitative estimate of drug-likeness (QED) is 0.0146. The molecule has 0 aromatic heterocycles. The molecule has 0 bridgehead atoms. The van der Waals surface area contributed by atoms with E-state index in [2.05, 4.69) is 179 Å². The van der Waals surface area contributed by atoms with Gasteiger partial charge in [0.05, 0.1) is 26.4 Å². The van der Waals surface area contributed by atoms with E-state index in [4.69, 9.17) is 32.3 Å². The summed E-state index contributed by atoms with van der Waals surface area (Å²) in [5, 5.41) is 20.7. The summed E-state index contributed by atoms with van der Waals surface area (Å²) in [4.78, 5) is 58.8. The van der Waals surface area contributed by atoms with Crippen molar-refractivity contribution in [2.45, 2.75) is 373 Å². The molecular weight excluding hydrogens is 1430 g/mol. The van der Waals surface area contributed by atoms with E-state index in [9.17, 15) is 43.5 Å². The SMILES string of the molecule is CC/C=C\C/C=C\C/C=C\C/C=C\C/C=C\C/C=C\CCCCCCCCCCC(=O)OCC(COP(=O)(O)OCC(O)COP(=O)(O)OCC(O)COC(=O)CCCCCCCCCCCCCCCCCCC/C=C\C/C=C\C/C=C\C/C=C\C/C=C\CC)OC(=O)CCCCCCC/C=C\C/C=C\CCCCC. The van der Waals surface area contributed by atoms with E-state index >= 15 is 0 Å². The average molecular weight is 1590 g/mol. The van der Waals surface area contributed by atoms with Gasteiger partial charge in [-0.25, -0.2) is 9.13 Å². The fourth-order valence-corrected chi connectivity index (χ4v) is 13.2. The minimum absolute atomic E-state index is 0.0834. The molecule has 636 valence electrons. The Bertz CT molecular complexity index is 2650. The van der Waals surface area contributed by atoms with E-state index in [1.54, 1.807) is 0 Å². The summed E-state index contributed by atoms with van der Waals surface area (Å²) in [5.41, 5.74) is 0. The van der Waals surface area contributed by atoms with Gasteiger partial charge in [-0.15, -0.1) is 0 Å². The number of carbonyl (C=O) groups excluding carboxylic acids is 3. The first-order valence-corrected chi connectivity index (χ1v) is 46.8. The summed E-state index contributed by atoms with van der Waals surface area (Å²) in [6, 6.07) is 0. The standard InChI is InChI=1S/C93H158O16P2/c1-4-7-10-13-16-19-22-25-28-30-32-34-36-38-40-41-42-43-44-45-47-49-50-52-54-56-59-61-64-67-70-73-76-79-91(96)103-82-88(94)83-105-110(99,100)106-84-89(95)85-107-111(101,102)108-87-90(109-93(98)81-78-75-72-69-66-63-58-27-24-21-18-15-12-9-6-3)86-104-92(97)80-77-74-71-68-65-62-60-57-55-53-51-48-46-39-37-35-33-31-29-26-23-20-17-14-11-8-5-2/h7-8,10-11,16-21,25-29,32-35,38-40,46,51,53,58,88-90,94-95H,4-6,9,12-15,22-24,30-31,36-37,41-45,47-50,52,54-57,59-87H2,1-3H3,(H,99,100)(H,101,102)/b10-7-,11-8-,19-16-,20-17-,21-18-,28-25-,29-26-,34-32-,35-33-,40-38-,46-39-,53-51-,58-27-. The Morgan fingerprint density at radius 2 is 0.477 bits per heavy atom. The van der Waals surface area contributed by atoms with Gasteiger partial charge in [-0.1, -0.05) is 346 Å². The van der Waals surface area contributed by atoms with Crippen molar-refractivity contribution < 1.29 is 75.8 Å². The molecule has 18 heteroatoms. The Morgan fingerprint density at radius 3 is 0.757 bits per heavy atom. The third-order valence-electron chi connectivity index (χ3n) is 18.2. The highest BCUT2D eigenvalue weighted by Gasteiger charge is 2.29. The fourth-order valence-electron chi connectivity index (χ4n) is 11.6. The molecule has 0 amide bonds. The highest BCUT2D eigenvalue weighted by atomic mass is 31.2. The Kier molecular flexibility index (Phi) is 80.9. The lowest BCUT2D eigenvalue weighted by Crippen LogP contribution is -2.30. The summed E-state index contributed by atoms with van der Waals surface area (Å²) in [7, 11) is -9.81. The molecule has 0 aliphatic carbocycles. The number of phosphoric ester groups is 2. The predicted molar refractivity (Wildman–Crippen MR) is 463 cm³/mol. The molecule has 5 unspecified atom stereocenters. The predicted octanol–water partition coefficient (Wildman–Crippen LogP) is 26.5. The van der Waals surface area contributed by atoms with Crippen LogP contribution in [0.1, 0.15) is 355 Å². The summed E-state index contributed by atoms with van der Waals surface area (Å²) in [5.74, 6) is -1.60. The normalized spacial score (nSPS) is 14.6. The van der Waals surface area contributed by atoms with Crippen LogP contribution in [0.5, 0.6) is 0 Å². The van der Waals surface area contributed by atoms with Gasteiger partial charge in [0.2, 0.25) is 0 Å². The average Bonchev–Trinajstić information content (AvgIpc) is 0.912. The van der Waals surface area contributed by atoms with Crippen molar-refractivity contribution in [3.05, 3.63) is 158 Å². The number of rotatable bonds is 82. The summed E-state index contributed by atoms with van der Waals surface area (Å²) < 4.78 is 61.3. The molecule has 0 aliphatic heterocycles. The zero-order valence-electron chi connectivity index (χ0n) is 69.8. The second-order valence-electron chi connectivity index (χ2n) is 28.9. The van der Waals surface area contributed by atoms with Crippen LogP contribution in [-0.4, -0.2) is 95.9 Å². The van der Waals surface area contributed by atoms with Crippen molar-refractivity contribution in [1.29, 1.82) is 0 Å². The number of aliphatic hydroxyl groups excluding tert-OH is 2. The third-order valence-corrected chi connectivity index (χ3v) is 20.1. The van der Waals surface area contributed by atoms with Crippen LogP contribution in [0.4, 0.5) is 0 Å². The van der Waals surface area contributed by atoms with E-state index < -0.39 is 91.5 Å². The van der Waals surface area contributed by atoms with Crippen LogP contribution < -0.4 is 0 Å². The molecule has 0 aliphatic rings. The number of phosphoric acid groups is 2. The molecule has 16 nitrogen and oxygen atoms in total. The summed E-state index contributed by atoms with van der Waals surface area (Å²) in [6.07, 6.45) is 107. The van der Waals surface area contributed by atoms with E-state index in [1.807, 2.05) is 0 Å². The fraction of sp³-hybridized carbons (Fsp3) is 0.688. The number of hydrogen-bond acceptors (Lipinski definition) is 14. The third kappa shape index (κ3) is 85.9. The first kappa shape index (κ1) is 106. The topological polar surface area (TPSA) is 231 Å². The van der Waals surface area contributed by atoms with Gasteiger partial charge in [0, 0.05) is 19.3 Å². The maximum absolute atomic E-state index is 13.0. The molecule has 0 aromatic carbocycles. The molecule has 0 heterocycles. The van der Waals surface area contributed by atoms with E-state index in [0.29, 0.717) is 19.3 Å². The number of allylic oxidation sites excluding steroid dienone is 26. The van der Waals surface area contributed by atoms with Gasteiger partial charge < -0.3 is 34.2 Å². The lowest BCUT2D eigenvalue weighted by atomic mass is 10.0. The van der Waals surface area contributed by atoms with E-state index in [1.165, 1.54) is 122 Å². The molecule has 5 atom stereocenters. The van der Waals surface area contributed by atoms with Gasteiger partial charge in [-0.3, -0.25) is 32.5 Å². The van der Waals surface area contributed by atoms with Gasteiger partial charge in [-0.05, 0) is 148 Å². The highest BCUT2D eigenvalue weighted by Crippen LogP contribution is 2.45. The second kappa shape index (κ2) is 84.6. The largest absolute Gasteiger partial charge is 0.472 e. The molecule has 0 rings (SSSR count). The van der Waals surface area contributed by atoms with Crippen LogP contribution in [0.25, 0.3) is 0 Å². The van der Waals surface area contributed by atoms with Crippen LogP contribution in [0, 0.1) is 0 Å². The number of esters is 3. The van der Waals surface area contributed by atoms with Crippen molar-refractivity contribution in [2.75, 3.05) is 39.6 Å². The monoisotopic (exact) mass is 1590 g/mol. The van der Waals surface area contributed by atoms with E-state index in [0.717, 1.165) is 173 Å². The van der Waals surface area contributed by atoms with Crippen LogP contribution >= 0.6 is 15.6 Å². The van der Waals surface area contributed by atoms with Crippen LogP contribution in [0.3, 0.4) is 0 Å². The Balaban J connectivity index is 4.48. The van der Waals surface area contributed by atoms with Crippen molar-refractivity contribution in [2.24, 2.45) is 0 Å². The van der Waals surface area contributed by atoms with Crippen LogP contribution in [0.15, 0.2) is 158 Å². The van der Waals surface area contributed by atoms with Gasteiger partial charge in [-0.2, -0.15) is 0 Å². The van der Waals surface area contributed by atoms with E-state index in [-0.39, 0.29) is 19.3 Å². The van der Waals surface area contributed by atoms with Gasteiger partial charge >= 0.3 is 33.6 Å². The van der Waals surface area contributed by atoms with Gasteiger partial charge in [0.25, 0.3) is 0 Å². The molecular formula is C93H158O16P2. The molecule has 111 heavy (non-hydrogen) atoms. The van der Waals surface area contributed by atoms with Crippen molar-refractivity contribution in [3.63, 3.8) is 0 Å². The lowest BCUT2D eigenvalue weighted by Gasteiger charge is -2.21. The molecule has 0 spiro atoms. The molecule has 0 saturated carbocycles. The molecule has 0 saturated heterocycles. The first-order chi connectivity index (χ1) is 54.2. The van der Waals surface area contributed by atoms with Gasteiger partial charge in [0.1, 0.15) is 25.4 Å². The van der Waals surface area contributed by atoms with Gasteiger partial charge in [0.15, 0.2) is 6.10 Å². The molecule has 0 aromatic rings. The molecule has 0 fully saturated rings. The highest BCUT2D eigenvalue weighted by molar-refractivity contribution is 7.47. The maximum atomic E-state index is 13.0. The number of hydrogen-bond donors (Lipinski definition) is 4. The number of unbranched alkanes of at least 4 members (excludes halogenated alkanes) is 33. The minimum atomic E-state index is -4.94. The minimum Gasteiger partial charge on any atom is -0.463 e. The Hall–Kier alpha value is -4.83. The number of aliphatic hydroxyl groups is 2. The lowest BCUT2D eigenvalue weighted by molar-refractivity contribution is -0.161. The molecule has 4 N–H and O–H groups in total. The van der Waals surface area contributed by atoms with Crippen molar-refractivity contribution in [3.8, 4) is 0 Å².